The number of carbonyl (C=O) groups excluding carboxylic acids is 1. The summed E-state index contributed by atoms with van der Waals surface area (Å²) in [6, 6.07) is 10.6. The van der Waals surface area contributed by atoms with Crippen molar-refractivity contribution in [3.63, 3.8) is 0 Å². The molecule has 21 heavy (non-hydrogen) atoms. The molecule has 0 aliphatic heterocycles. The molecular weight excluding hydrogens is 256 g/mol. The highest BCUT2D eigenvalue weighted by Crippen LogP contribution is 2.27. The summed E-state index contributed by atoms with van der Waals surface area (Å²) in [5.41, 5.74) is 3.76. The Morgan fingerprint density at radius 3 is 2.29 bits per heavy atom. The van der Waals surface area contributed by atoms with E-state index in [0.29, 0.717) is 0 Å². The molecule has 0 fully saturated rings. The third-order valence-corrected chi connectivity index (χ3v) is 4.22. The Balaban J connectivity index is 2.54. The van der Waals surface area contributed by atoms with Gasteiger partial charge in [0.1, 0.15) is 0 Å². The van der Waals surface area contributed by atoms with Crippen LogP contribution < -0.4 is 0 Å². The van der Waals surface area contributed by atoms with E-state index >= 15 is 0 Å². The molecule has 1 heteroatoms. The first-order valence-electron chi connectivity index (χ1n) is 8.22. The van der Waals surface area contributed by atoms with Crippen LogP contribution in [0.3, 0.4) is 0 Å². The molecule has 112 valence electrons. The summed E-state index contributed by atoms with van der Waals surface area (Å²) < 4.78 is 0. The van der Waals surface area contributed by atoms with Gasteiger partial charge >= 0.3 is 0 Å². The molecule has 2 aromatic rings. The van der Waals surface area contributed by atoms with Crippen LogP contribution in [0.2, 0.25) is 0 Å². The maximum absolute atomic E-state index is 11.7. The largest absolute Gasteiger partial charge is 0.295 e. The van der Waals surface area contributed by atoms with Gasteiger partial charge in [-0.2, -0.15) is 0 Å². The fourth-order valence-corrected chi connectivity index (χ4v) is 2.90. The highest BCUT2D eigenvalue weighted by Gasteiger charge is 2.09. The van der Waals surface area contributed by atoms with Gasteiger partial charge in [-0.25, -0.2) is 0 Å². The van der Waals surface area contributed by atoms with Gasteiger partial charge in [-0.05, 0) is 60.6 Å². The lowest BCUT2D eigenvalue weighted by Crippen LogP contribution is -1.99. The standard InChI is InChI=1S/C20H26O/c1-4-6-8-16-10-11-17-12-13-18(15(3)21)14-20(17)19(16)9-7-5-2/h10-14H,4-9H2,1-3H3. The molecule has 0 N–H and O–H groups in total. The van der Waals surface area contributed by atoms with Gasteiger partial charge in [0.2, 0.25) is 0 Å². The summed E-state index contributed by atoms with van der Waals surface area (Å²) in [6.07, 6.45) is 7.14. The van der Waals surface area contributed by atoms with E-state index in [1.54, 1.807) is 6.92 Å². The van der Waals surface area contributed by atoms with Crippen LogP contribution in [0, 0.1) is 0 Å². The number of fused-ring (bicyclic) bond motifs is 1. The van der Waals surface area contributed by atoms with Crippen LogP contribution >= 0.6 is 0 Å². The molecule has 0 saturated heterocycles. The Bertz CT molecular complexity index is 625. The summed E-state index contributed by atoms with van der Waals surface area (Å²) in [5, 5.41) is 2.54. The molecule has 0 bridgehead atoms. The van der Waals surface area contributed by atoms with Crippen LogP contribution in [0.4, 0.5) is 0 Å². The molecule has 1 nitrogen and oxygen atoms in total. The monoisotopic (exact) mass is 282 g/mol. The predicted octanol–water partition coefficient (Wildman–Crippen LogP) is 5.73. The van der Waals surface area contributed by atoms with Crippen molar-refractivity contribution in [2.45, 2.75) is 59.3 Å². The zero-order valence-electron chi connectivity index (χ0n) is 13.5. The number of carbonyl (C=O) groups is 1. The highest BCUT2D eigenvalue weighted by molar-refractivity contribution is 5.99. The third kappa shape index (κ3) is 3.72. The number of benzene rings is 2. The Morgan fingerprint density at radius 2 is 1.62 bits per heavy atom. The zero-order valence-corrected chi connectivity index (χ0v) is 13.5. The first kappa shape index (κ1) is 15.8. The fraction of sp³-hybridized carbons (Fsp3) is 0.450. The Labute approximate surface area is 128 Å². The van der Waals surface area contributed by atoms with Crippen molar-refractivity contribution in [2.24, 2.45) is 0 Å². The summed E-state index contributed by atoms with van der Waals surface area (Å²) in [7, 11) is 0. The van der Waals surface area contributed by atoms with Crippen LogP contribution in [0.1, 0.15) is 67.9 Å². The van der Waals surface area contributed by atoms with Crippen molar-refractivity contribution >= 4 is 16.6 Å². The van der Waals surface area contributed by atoms with E-state index in [-0.39, 0.29) is 5.78 Å². The molecule has 0 spiro atoms. The normalized spacial score (nSPS) is 11.0. The smallest absolute Gasteiger partial charge is 0.159 e. The third-order valence-electron chi connectivity index (χ3n) is 4.22. The molecule has 0 saturated carbocycles. The second-order valence-electron chi connectivity index (χ2n) is 5.90. The fourth-order valence-electron chi connectivity index (χ4n) is 2.90. The molecule has 0 unspecified atom stereocenters. The van der Waals surface area contributed by atoms with E-state index in [1.807, 2.05) is 6.07 Å². The molecule has 0 radical (unpaired) electrons. The van der Waals surface area contributed by atoms with Crippen LogP contribution in [0.15, 0.2) is 30.3 Å². The average Bonchev–Trinajstić information content (AvgIpc) is 2.50. The number of unbranched alkanes of at least 4 members (excludes halogenated alkanes) is 2. The quantitative estimate of drug-likeness (QED) is 0.593. The van der Waals surface area contributed by atoms with Crippen molar-refractivity contribution in [1.82, 2.24) is 0 Å². The lowest BCUT2D eigenvalue weighted by atomic mass is 9.91. The first-order valence-corrected chi connectivity index (χ1v) is 8.22. The minimum absolute atomic E-state index is 0.150. The van der Waals surface area contributed by atoms with Crippen LogP contribution in [0.25, 0.3) is 10.8 Å². The number of hydrogen-bond acceptors (Lipinski definition) is 1. The number of rotatable bonds is 7. The minimum atomic E-state index is 0.150. The molecule has 0 aromatic heterocycles. The summed E-state index contributed by atoms with van der Waals surface area (Å²) >= 11 is 0. The summed E-state index contributed by atoms with van der Waals surface area (Å²) in [4.78, 5) is 11.7. The van der Waals surface area contributed by atoms with Gasteiger partial charge in [0.15, 0.2) is 5.78 Å². The molecule has 2 rings (SSSR count). The van der Waals surface area contributed by atoms with E-state index in [0.717, 1.165) is 18.4 Å². The molecule has 0 aliphatic rings. The molecule has 0 amide bonds. The van der Waals surface area contributed by atoms with Gasteiger partial charge < -0.3 is 0 Å². The van der Waals surface area contributed by atoms with Gasteiger partial charge in [-0.15, -0.1) is 0 Å². The second-order valence-corrected chi connectivity index (χ2v) is 5.90. The van der Waals surface area contributed by atoms with Crippen molar-refractivity contribution in [1.29, 1.82) is 0 Å². The van der Waals surface area contributed by atoms with Crippen LogP contribution in [-0.2, 0) is 12.8 Å². The van der Waals surface area contributed by atoms with Crippen molar-refractivity contribution < 1.29 is 4.79 Å². The number of hydrogen-bond donors (Lipinski definition) is 0. The lowest BCUT2D eigenvalue weighted by Gasteiger charge is -2.14. The van der Waals surface area contributed by atoms with E-state index in [9.17, 15) is 4.79 Å². The number of Topliss-reactive ketones (excluding diaryl/α,β-unsaturated/α-hetero) is 1. The van der Waals surface area contributed by atoms with Gasteiger partial charge in [-0.3, -0.25) is 4.79 Å². The van der Waals surface area contributed by atoms with E-state index < -0.39 is 0 Å². The highest BCUT2D eigenvalue weighted by atomic mass is 16.1. The van der Waals surface area contributed by atoms with Crippen molar-refractivity contribution in [3.05, 3.63) is 47.0 Å². The van der Waals surface area contributed by atoms with Crippen molar-refractivity contribution in [3.8, 4) is 0 Å². The zero-order chi connectivity index (χ0) is 15.2. The SMILES string of the molecule is CCCCc1ccc2ccc(C(C)=O)cc2c1CCCC. The van der Waals surface area contributed by atoms with E-state index in [4.69, 9.17) is 0 Å². The van der Waals surface area contributed by atoms with E-state index in [2.05, 4.69) is 38.1 Å². The number of ketones is 1. The van der Waals surface area contributed by atoms with Gasteiger partial charge in [-0.1, -0.05) is 51.0 Å². The van der Waals surface area contributed by atoms with Crippen LogP contribution in [-0.4, -0.2) is 5.78 Å². The molecule has 0 aliphatic carbocycles. The second kappa shape index (κ2) is 7.40. The van der Waals surface area contributed by atoms with Gasteiger partial charge in [0, 0.05) is 5.56 Å². The Kier molecular flexibility index (Phi) is 5.55. The Hall–Kier alpha value is -1.63. The predicted molar refractivity (Wildman–Crippen MR) is 91.2 cm³/mol. The van der Waals surface area contributed by atoms with Crippen molar-refractivity contribution in [2.75, 3.05) is 0 Å². The Morgan fingerprint density at radius 1 is 0.952 bits per heavy atom. The maximum Gasteiger partial charge on any atom is 0.159 e. The average molecular weight is 282 g/mol. The van der Waals surface area contributed by atoms with E-state index in [1.165, 1.54) is 47.6 Å². The molecule has 0 atom stereocenters. The maximum atomic E-state index is 11.7. The van der Waals surface area contributed by atoms with Gasteiger partial charge in [0.05, 0.1) is 0 Å². The summed E-state index contributed by atoms with van der Waals surface area (Å²) in [5.74, 6) is 0.150. The van der Waals surface area contributed by atoms with Gasteiger partial charge in [0.25, 0.3) is 0 Å². The van der Waals surface area contributed by atoms with Crippen LogP contribution in [0.5, 0.6) is 0 Å². The summed E-state index contributed by atoms with van der Waals surface area (Å²) in [6.45, 7) is 6.12. The topological polar surface area (TPSA) is 17.1 Å². The minimum Gasteiger partial charge on any atom is -0.295 e. The first-order chi connectivity index (χ1) is 10.2. The molecule has 0 heterocycles. The lowest BCUT2D eigenvalue weighted by molar-refractivity contribution is 0.101. The molecule has 2 aromatic carbocycles. The molecular formula is C20H26O. The number of aryl methyl sites for hydroxylation is 2.